The van der Waals surface area contributed by atoms with Crippen molar-refractivity contribution in [3.05, 3.63) is 47.5 Å². The molecular formula is C23H30N2O4. The standard InChI is InChI=1S/C23H30N2O4/c1-26-19-6-4-18(5-7-19)25-11-9-24(10-12-25)16-23-20-15-22(28-3)21(27-2)14-17(20)8-13-29-23/h4-7,14-15,23H,8-13,16H2,1-3H3. The van der Waals surface area contributed by atoms with E-state index in [2.05, 4.69) is 34.1 Å². The number of ether oxygens (including phenoxy) is 4. The molecule has 0 bridgehead atoms. The molecule has 29 heavy (non-hydrogen) atoms. The lowest BCUT2D eigenvalue weighted by Gasteiger charge is -2.38. The highest BCUT2D eigenvalue weighted by molar-refractivity contribution is 5.50. The molecule has 1 unspecified atom stereocenters. The Kier molecular flexibility index (Phi) is 6.11. The van der Waals surface area contributed by atoms with E-state index in [-0.39, 0.29) is 6.10 Å². The Labute approximate surface area is 172 Å². The monoisotopic (exact) mass is 398 g/mol. The molecule has 4 rings (SSSR count). The van der Waals surface area contributed by atoms with Crippen molar-refractivity contribution in [1.82, 2.24) is 4.90 Å². The summed E-state index contributed by atoms with van der Waals surface area (Å²) >= 11 is 0. The molecule has 1 saturated heterocycles. The van der Waals surface area contributed by atoms with Crippen molar-refractivity contribution < 1.29 is 18.9 Å². The lowest BCUT2D eigenvalue weighted by atomic mass is 9.96. The van der Waals surface area contributed by atoms with E-state index in [1.807, 2.05) is 12.1 Å². The van der Waals surface area contributed by atoms with Gasteiger partial charge in [-0.3, -0.25) is 4.90 Å². The van der Waals surface area contributed by atoms with Crippen molar-refractivity contribution in [2.45, 2.75) is 12.5 Å². The first-order chi connectivity index (χ1) is 14.2. The molecule has 0 saturated carbocycles. The Morgan fingerprint density at radius 2 is 1.59 bits per heavy atom. The SMILES string of the molecule is COc1ccc(N2CCN(CC3OCCc4cc(OC)c(OC)cc43)CC2)cc1. The highest BCUT2D eigenvalue weighted by Crippen LogP contribution is 2.37. The number of hydrogen-bond acceptors (Lipinski definition) is 6. The van der Waals surface area contributed by atoms with E-state index in [4.69, 9.17) is 18.9 Å². The summed E-state index contributed by atoms with van der Waals surface area (Å²) in [4.78, 5) is 4.93. The second-order valence-corrected chi connectivity index (χ2v) is 7.50. The van der Waals surface area contributed by atoms with Crippen LogP contribution in [0.15, 0.2) is 36.4 Å². The van der Waals surface area contributed by atoms with Gasteiger partial charge in [-0.1, -0.05) is 0 Å². The normalized spacial score (nSPS) is 19.6. The van der Waals surface area contributed by atoms with E-state index >= 15 is 0 Å². The lowest BCUT2D eigenvalue weighted by Crippen LogP contribution is -2.48. The average Bonchev–Trinajstić information content (AvgIpc) is 2.79. The number of benzene rings is 2. The number of rotatable bonds is 6. The first-order valence-corrected chi connectivity index (χ1v) is 10.2. The fourth-order valence-electron chi connectivity index (χ4n) is 4.22. The third-order valence-electron chi connectivity index (χ3n) is 5.92. The Morgan fingerprint density at radius 3 is 2.24 bits per heavy atom. The van der Waals surface area contributed by atoms with E-state index in [0.717, 1.165) is 63.0 Å². The minimum atomic E-state index is 0.0751. The van der Waals surface area contributed by atoms with Crippen molar-refractivity contribution in [2.75, 3.05) is 65.6 Å². The molecule has 1 atom stereocenters. The van der Waals surface area contributed by atoms with Crippen molar-refractivity contribution in [1.29, 1.82) is 0 Å². The zero-order chi connectivity index (χ0) is 20.2. The number of methoxy groups -OCH3 is 3. The Balaban J connectivity index is 1.40. The van der Waals surface area contributed by atoms with Crippen LogP contribution in [0.1, 0.15) is 17.2 Å². The van der Waals surface area contributed by atoms with Crippen LogP contribution in [0, 0.1) is 0 Å². The van der Waals surface area contributed by atoms with Gasteiger partial charge in [-0.05, 0) is 53.9 Å². The van der Waals surface area contributed by atoms with E-state index in [1.165, 1.54) is 16.8 Å². The maximum absolute atomic E-state index is 6.15. The average molecular weight is 399 g/mol. The molecule has 0 radical (unpaired) electrons. The minimum absolute atomic E-state index is 0.0751. The quantitative estimate of drug-likeness (QED) is 0.745. The second-order valence-electron chi connectivity index (χ2n) is 7.50. The third kappa shape index (κ3) is 4.28. The Bertz CT molecular complexity index is 816. The predicted molar refractivity (Wildman–Crippen MR) is 114 cm³/mol. The van der Waals surface area contributed by atoms with Gasteiger partial charge >= 0.3 is 0 Å². The Hall–Kier alpha value is -2.44. The number of fused-ring (bicyclic) bond motifs is 1. The number of piperazine rings is 1. The summed E-state index contributed by atoms with van der Waals surface area (Å²) in [6.07, 6.45) is 0.989. The fraction of sp³-hybridized carbons (Fsp3) is 0.478. The molecule has 2 heterocycles. The summed E-state index contributed by atoms with van der Waals surface area (Å²) in [6, 6.07) is 12.5. The van der Waals surface area contributed by atoms with Crippen LogP contribution in [0.5, 0.6) is 17.2 Å². The van der Waals surface area contributed by atoms with Gasteiger partial charge in [-0.15, -0.1) is 0 Å². The van der Waals surface area contributed by atoms with E-state index in [0.29, 0.717) is 0 Å². The van der Waals surface area contributed by atoms with Crippen molar-refractivity contribution in [3.63, 3.8) is 0 Å². The van der Waals surface area contributed by atoms with Crippen LogP contribution in [0.3, 0.4) is 0 Å². The molecule has 6 nitrogen and oxygen atoms in total. The lowest BCUT2D eigenvalue weighted by molar-refractivity contribution is 0.0146. The highest BCUT2D eigenvalue weighted by Gasteiger charge is 2.27. The molecule has 6 heteroatoms. The predicted octanol–water partition coefficient (Wildman–Crippen LogP) is 3.15. The van der Waals surface area contributed by atoms with E-state index < -0.39 is 0 Å². The summed E-state index contributed by atoms with van der Waals surface area (Å²) in [5.74, 6) is 2.46. The topological polar surface area (TPSA) is 43.4 Å². The van der Waals surface area contributed by atoms with Crippen LogP contribution in [0.2, 0.25) is 0 Å². The molecule has 156 valence electrons. The van der Waals surface area contributed by atoms with Gasteiger partial charge in [-0.2, -0.15) is 0 Å². The molecular weight excluding hydrogens is 368 g/mol. The molecule has 0 aliphatic carbocycles. The van der Waals surface area contributed by atoms with Crippen LogP contribution in [-0.4, -0.2) is 65.6 Å². The van der Waals surface area contributed by atoms with Crippen LogP contribution < -0.4 is 19.1 Å². The zero-order valence-corrected chi connectivity index (χ0v) is 17.5. The maximum atomic E-state index is 6.15. The smallest absolute Gasteiger partial charge is 0.161 e. The first kappa shape index (κ1) is 19.9. The summed E-state index contributed by atoms with van der Waals surface area (Å²) in [5, 5.41) is 0. The van der Waals surface area contributed by atoms with Crippen LogP contribution in [0.25, 0.3) is 0 Å². The highest BCUT2D eigenvalue weighted by atomic mass is 16.5. The molecule has 0 aromatic heterocycles. The van der Waals surface area contributed by atoms with Crippen molar-refractivity contribution in [2.24, 2.45) is 0 Å². The van der Waals surface area contributed by atoms with Gasteiger partial charge in [0.15, 0.2) is 11.5 Å². The van der Waals surface area contributed by atoms with Crippen LogP contribution >= 0.6 is 0 Å². The molecule has 2 aromatic rings. The zero-order valence-electron chi connectivity index (χ0n) is 17.5. The van der Waals surface area contributed by atoms with Crippen LogP contribution in [0.4, 0.5) is 5.69 Å². The van der Waals surface area contributed by atoms with Crippen molar-refractivity contribution in [3.8, 4) is 17.2 Å². The van der Waals surface area contributed by atoms with Gasteiger partial charge in [0.2, 0.25) is 0 Å². The van der Waals surface area contributed by atoms with Crippen molar-refractivity contribution >= 4 is 5.69 Å². The molecule has 2 aliphatic rings. The first-order valence-electron chi connectivity index (χ1n) is 10.2. The summed E-state index contributed by atoms with van der Waals surface area (Å²) < 4.78 is 22.4. The third-order valence-corrected chi connectivity index (χ3v) is 5.92. The minimum Gasteiger partial charge on any atom is -0.497 e. The van der Waals surface area contributed by atoms with Gasteiger partial charge in [0, 0.05) is 38.4 Å². The molecule has 2 aliphatic heterocycles. The molecule has 0 N–H and O–H groups in total. The number of anilines is 1. The number of nitrogens with zero attached hydrogens (tertiary/aromatic N) is 2. The van der Waals surface area contributed by atoms with E-state index in [1.54, 1.807) is 21.3 Å². The number of hydrogen-bond donors (Lipinski definition) is 0. The van der Waals surface area contributed by atoms with Crippen LogP contribution in [-0.2, 0) is 11.2 Å². The maximum Gasteiger partial charge on any atom is 0.161 e. The van der Waals surface area contributed by atoms with Gasteiger partial charge in [0.1, 0.15) is 5.75 Å². The molecule has 0 amide bonds. The molecule has 2 aromatic carbocycles. The molecule has 0 spiro atoms. The van der Waals surface area contributed by atoms with E-state index in [9.17, 15) is 0 Å². The summed E-state index contributed by atoms with van der Waals surface area (Å²) in [6.45, 7) is 5.72. The van der Waals surface area contributed by atoms with Gasteiger partial charge in [0.25, 0.3) is 0 Å². The summed E-state index contributed by atoms with van der Waals surface area (Å²) in [7, 11) is 5.07. The van der Waals surface area contributed by atoms with Gasteiger partial charge in [0.05, 0.1) is 34.0 Å². The Morgan fingerprint density at radius 1 is 0.897 bits per heavy atom. The molecule has 1 fully saturated rings. The van der Waals surface area contributed by atoms with Gasteiger partial charge < -0.3 is 23.8 Å². The van der Waals surface area contributed by atoms with Gasteiger partial charge in [-0.25, -0.2) is 0 Å². The fourth-order valence-corrected chi connectivity index (χ4v) is 4.22. The summed E-state index contributed by atoms with van der Waals surface area (Å²) in [5.41, 5.74) is 3.78. The largest absolute Gasteiger partial charge is 0.497 e. The second kappa shape index (κ2) is 8.93.